The molecule has 3 aromatic rings. The lowest BCUT2D eigenvalue weighted by Crippen LogP contribution is -2.40. The van der Waals surface area contributed by atoms with Crippen molar-refractivity contribution in [2.75, 3.05) is 6.54 Å². The number of aromatic nitrogens is 1. The monoisotopic (exact) mass is 390 g/mol. The molecule has 1 aliphatic heterocycles. The molecule has 1 aliphatic rings. The summed E-state index contributed by atoms with van der Waals surface area (Å²) in [6.45, 7) is 0.425. The zero-order valence-electron chi connectivity index (χ0n) is 13.2. The molecule has 0 saturated heterocycles. The lowest BCUT2D eigenvalue weighted by Gasteiger charge is -2.36. The maximum absolute atomic E-state index is 13.3. The predicted molar refractivity (Wildman–Crippen MR) is 99.4 cm³/mol. The van der Waals surface area contributed by atoms with Gasteiger partial charge in [-0.05, 0) is 41.3 Å². The molecule has 0 amide bonds. The first-order chi connectivity index (χ1) is 12.1. The van der Waals surface area contributed by atoms with E-state index in [0.29, 0.717) is 17.3 Å². The average Bonchev–Trinajstić information content (AvgIpc) is 3.08. The van der Waals surface area contributed by atoms with E-state index in [-0.39, 0.29) is 10.3 Å². The fraction of sp³-hybridized carbons (Fsp3) is 0.167. The van der Waals surface area contributed by atoms with Gasteiger partial charge in [-0.15, -0.1) is 11.3 Å². The lowest BCUT2D eigenvalue weighted by molar-refractivity contribution is 0.344. The molecule has 0 fully saturated rings. The fourth-order valence-electron chi connectivity index (χ4n) is 3.24. The van der Waals surface area contributed by atoms with Gasteiger partial charge in [0.05, 0.1) is 10.4 Å². The van der Waals surface area contributed by atoms with Crippen LogP contribution in [0.4, 0.5) is 0 Å². The molecular formula is C18H15ClN2O2S2. The third-order valence-corrected chi connectivity index (χ3v) is 7.91. The number of pyridine rings is 1. The van der Waals surface area contributed by atoms with E-state index in [2.05, 4.69) is 11.1 Å². The summed E-state index contributed by atoms with van der Waals surface area (Å²) in [5.41, 5.74) is 3.04. The van der Waals surface area contributed by atoms with E-state index < -0.39 is 10.0 Å². The molecule has 0 bridgehead atoms. The van der Waals surface area contributed by atoms with Crippen molar-refractivity contribution in [1.82, 2.24) is 9.29 Å². The smallest absolute Gasteiger partial charge is 0.253 e. The van der Waals surface area contributed by atoms with Crippen LogP contribution in [0, 0.1) is 0 Å². The molecule has 0 radical (unpaired) electrons. The first kappa shape index (κ1) is 16.7. The van der Waals surface area contributed by atoms with Gasteiger partial charge in [0.25, 0.3) is 10.0 Å². The van der Waals surface area contributed by atoms with Crippen molar-refractivity contribution in [2.45, 2.75) is 16.7 Å². The summed E-state index contributed by atoms with van der Waals surface area (Å²) in [6, 6.07) is 14.6. The molecule has 128 valence electrons. The highest BCUT2D eigenvalue weighted by atomic mass is 35.5. The van der Waals surface area contributed by atoms with Crippen molar-refractivity contribution in [2.24, 2.45) is 0 Å². The molecule has 0 saturated carbocycles. The van der Waals surface area contributed by atoms with E-state index in [1.807, 2.05) is 30.3 Å². The molecule has 0 spiro atoms. The van der Waals surface area contributed by atoms with Crippen LogP contribution < -0.4 is 0 Å². The molecule has 0 N–H and O–H groups in total. The van der Waals surface area contributed by atoms with Crippen molar-refractivity contribution in [1.29, 1.82) is 0 Å². The van der Waals surface area contributed by atoms with E-state index in [1.165, 1.54) is 5.56 Å². The highest BCUT2D eigenvalue weighted by Crippen LogP contribution is 2.40. The van der Waals surface area contributed by atoms with Gasteiger partial charge in [-0.3, -0.25) is 4.98 Å². The minimum absolute atomic E-state index is 0.269. The summed E-state index contributed by atoms with van der Waals surface area (Å²) < 4.78 is 28.8. The van der Waals surface area contributed by atoms with Gasteiger partial charge in [0, 0.05) is 18.9 Å². The highest BCUT2D eigenvalue weighted by molar-refractivity contribution is 7.91. The summed E-state index contributed by atoms with van der Waals surface area (Å²) >= 11 is 7.05. The maximum Gasteiger partial charge on any atom is 0.253 e. The Balaban J connectivity index is 1.87. The summed E-state index contributed by atoms with van der Waals surface area (Å²) in [7, 11) is -3.64. The van der Waals surface area contributed by atoms with Gasteiger partial charge >= 0.3 is 0 Å². The van der Waals surface area contributed by atoms with Crippen LogP contribution in [0.2, 0.25) is 4.34 Å². The van der Waals surface area contributed by atoms with Crippen molar-refractivity contribution in [3.63, 3.8) is 0 Å². The number of halogens is 1. The summed E-state index contributed by atoms with van der Waals surface area (Å²) in [4.78, 5) is 4.19. The Morgan fingerprint density at radius 3 is 2.68 bits per heavy atom. The Hall–Kier alpha value is -1.73. The van der Waals surface area contributed by atoms with Crippen molar-refractivity contribution >= 4 is 33.0 Å². The van der Waals surface area contributed by atoms with Gasteiger partial charge < -0.3 is 0 Å². The van der Waals surface area contributed by atoms with Crippen LogP contribution in [0.15, 0.2) is 65.1 Å². The first-order valence-electron chi connectivity index (χ1n) is 7.82. The zero-order valence-corrected chi connectivity index (χ0v) is 15.6. The number of hydrogen-bond acceptors (Lipinski definition) is 4. The number of benzene rings is 1. The molecule has 1 aromatic carbocycles. The van der Waals surface area contributed by atoms with Crippen molar-refractivity contribution in [3.05, 3.63) is 82.0 Å². The minimum Gasteiger partial charge on any atom is -0.264 e. The molecule has 1 atom stereocenters. The lowest BCUT2D eigenvalue weighted by atomic mass is 9.91. The summed E-state index contributed by atoms with van der Waals surface area (Å²) in [5, 5.41) is 0. The third-order valence-electron chi connectivity index (χ3n) is 4.35. The van der Waals surface area contributed by atoms with Gasteiger partial charge in [0.2, 0.25) is 0 Å². The van der Waals surface area contributed by atoms with Crippen molar-refractivity contribution in [3.8, 4) is 0 Å². The second-order valence-electron chi connectivity index (χ2n) is 5.81. The number of rotatable bonds is 3. The topological polar surface area (TPSA) is 50.3 Å². The molecule has 1 unspecified atom stereocenters. The molecule has 3 heterocycles. The van der Waals surface area contributed by atoms with Crippen LogP contribution in [0.5, 0.6) is 0 Å². The minimum atomic E-state index is -3.64. The normalized spacial score (nSPS) is 18.0. The molecule has 4 nitrogen and oxygen atoms in total. The van der Waals surface area contributed by atoms with Crippen LogP contribution in [-0.2, 0) is 16.4 Å². The maximum atomic E-state index is 13.3. The average molecular weight is 391 g/mol. The Bertz CT molecular complexity index is 1000. The Morgan fingerprint density at radius 1 is 1.12 bits per heavy atom. The fourth-order valence-corrected chi connectivity index (χ4v) is 6.45. The Labute approximate surface area is 155 Å². The summed E-state index contributed by atoms with van der Waals surface area (Å²) in [6.07, 6.45) is 4.11. The van der Waals surface area contributed by atoms with Crippen LogP contribution in [-0.4, -0.2) is 24.3 Å². The SMILES string of the molecule is O=S(=O)(c1ccc(Cl)s1)N1CCc2ccccc2C1c1cccnc1. The van der Waals surface area contributed by atoms with Crippen LogP contribution in [0.25, 0.3) is 0 Å². The number of hydrogen-bond donors (Lipinski definition) is 0. The van der Waals surface area contributed by atoms with Gasteiger partial charge in [-0.25, -0.2) is 8.42 Å². The van der Waals surface area contributed by atoms with E-state index in [1.54, 1.807) is 28.8 Å². The largest absolute Gasteiger partial charge is 0.264 e. The Kier molecular flexibility index (Phi) is 4.37. The first-order valence-corrected chi connectivity index (χ1v) is 10.5. The van der Waals surface area contributed by atoms with Gasteiger partial charge in [0.15, 0.2) is 0 Å². The van der Waals surface area contributed by atoms with E-state index in [4.69, 9.17) is 11.6 Å². The van der Waals surface area contributed by atoms with Gasteiger partial charge in [-0.2, -0.15) is 4.31 Å². The zero-order chi connectivity index (χ0) is 17.4. The second-order valence-corrected chi connectivity index (χ2v) is 9.64. The van der Waals surface area contributed by atoms with Crippen LogP contribution in [0.1, 0.15) is 22.7 Å². The molecule has 25 heavy (non-hydrogen) atoms. The van der Waals surface area contributed by atoms with E-state index >= 15 is 0 Å². The summed E-state index contributed by atoms with van der Waals surface area (Å²) in [5.74, 6) is 0. The molecule has 2 aromatic heterocycles. The molecular weight excluding hydrogens is 376 g/mol. The van der Waals surface area contributed by atoms with Gasteiger partial charge in [-0.1, -0.05) is 41.9 Å². The van der Waals surface area contributed by atoms with E-state index in [9.17, 15) is 8.42 Å². The highest BCUT2D eigenvalue weighted by Gasteiger charge is 2.38. The van der Waals surface area contributed by atoms with Crippen LogP contribution >= 0.6 is 22.9 Å². The van der Waals surface area contributed by atoms with Crippen LogP contribution in [0.3, 0.4) is 0 Å². The van der Waals surface area contributed by atoms with Crippen molar-refractivity contribution < 1.29 is 8.42 Å². The number of fused-ring (bicyclic) bond motifs is 1. The van der Waals surface area contributed by atoms with E-state index in [0.717, 1.165) is 22.5 Å². The van der Waals surface area contributed by atoms with Gasteiger partial charge in [0.1, 0.15) is 4.21 Å². The second kappa shape index (κ2) is 6.53. The molecule has 4 rings (SSSR count). The number of thiophene rings is 1. The number of sulfonamides is 1. The standard InChI is InChI=1S/C18H15ClN2O2S2/c19-16-7-8-17(24-16)25(22,23)21-11-9-13-4-1-2-6-15(13)18(21)14-5-3-10-20-12-14/h1-8,10,12,18H,9,11H2. The third kappa shape index (κ3) is 3.00. The molecule has 0 aliphatic carbocycles. The Morgan fingerprint density at radius 2 is 1.96 bits per heavy atom. The number of nitrogens with zero attached hydrogens (tertiary/aromatic N) is 2. The quantitative estimate of drug-likeness (QED) is 0.675. The molecule has 7 heteroatoms. The predicted octanol–water partition coefficient (Wildman–Crippen LogP) is 4.13.